The largest absolute Gasteiger partial charge is 0.449 e. The summed E-state index contributed by atoms with van der Waals surface area (Å²) in [5, 5.41) is 7.06. The second-order valence-corrected chi connectivity index (χ2v) is 10.5. The molecule has 12 heteroatoms. The van der Waals surface area contributed by atoms with Gasteiger partial charge >= 0.3 is 12.3 Å². The van der Waals surface area contributed by atoms with Crippen LogP contribution in [0.4, 0.5) is 29.5 Å². The van der Waals surface area contributed by atoms with E-state index in [1.807, 2.05) is 17.9 Å². The lowest BCUT2D eigenvalue weighted by molar-refractivity contribution is -0.137. The summed E-state index contributed by atoms with van der Waals surface area (Å²) in [6.07, 6.45) is -1.51. The van der Waals surface area contributed by atoms with Gasteiger partial charge in [0.05, 0.1) is 29.7 Å². The minimum Gasteiger partial charge on any atom is -0.449 e. The Hall–Kier alpha value is -3.83. The molecule has 3 aromatic rings. The summed E-state index contributed by atoms with van der Waals surface area (Å²) in [6, 6.07) is 7.17. The number of benzene rings is 1. The van der Waals surface area contributed by atoms with Gasteiger partial charge < -0.3 is 19.9 Å². The molecule has 2 aromatic heterocycles. The number of carbonyl (C=O) groups is 2. The number of rotatable bonds is 6. The number of hydrogen-bond acceptors (Lipinski definition) is 6. The maximum Gasteiger partial charge on any atom is 0.418 e. The van der Waals surface area contributed by atoms with Crippen molar-refractivity contribution in [3.8, 4) is 11.3 Å². The fourth-order valence-electron chi connectivity index (χ4n) is 4.06. The van der Waals surface area contributed by atoms with Crippen LogP contribution in [-0.4, -0.2) is 64.3 Å². The number of alkyl halides is 3. The molecule has 0 saturated carbocycles. The number of carbonyl (C=O) groups excluding carboxylic acids is 2. The molecule has 2 amide bonds. The summed E-state index contributed by atoms with van der Waals surface area (Å²) >= 11 is 0. The van der Waals surface area contributed by atoms with E-state index in [1.165, 1.54) is 12.1 Å². The molecule has 0 spiro atoms. The molecule has 4 rings (SSSR count). The van der Waals surface area contributed by atoms with Crippen LogP contribution in [-0.2, 0) is 15.7 Å². The van der Waals surface area contributed by atoms with Gasteiger partial charge in [0.2, 0.25) is 5.91 Å². The van der Waals surface area contributed by atoms with Crippen LogP contribution in [0.1, 0.15) is 46.1 Å². The van der Waals surface area contributed by atoms with Crippen LogP contribution >= 0.6 is 0 Å². The first-order chi connectivity index (χ1) is 18.4. The first-order valence-corrected chi connectivity index (χ1v) is 12.9. The highest BCUT2D eigenvalue weighted by Crippen LogP contribution is 2.38. The molecule has 9 nitrogen and oxygen atoms in total. The zero-order valence-corrected chi connectivity index (χ0v) is 22.5. The molecule has 0 unspecified atom stereocenters. The number of fused-ring (bicyclic) bond motifs is 1. The van der Waals surface area contributed by atoms with Gasteiger partial charge in [-0.2, -0.15) is 13.2 Å². The lowest BCUT2D eigenvalue weighted by Crippen LogP contribution is -2.49. The first kappa shape index (κ1) is 28.2. The van der Waals surface area contributed by atoms with Gasteiger partial charge in [-0.3, -0.25) is 4.79 Å². The number of amides is 2. The van der Waals surface area contributed by atoms with Crippen molar-refractivity contribution in [3.63, 3.8) is 0 Å². The Morgan fingerprint density at radius 1 is 1.05 bits per heavy atom. The van der Waals surface area contributed by atoms with Crippen molar-refractivity contribution in [2.45, 2.75) is 46.7 Å². The third kappa shape index (κ3) is 6.61. The molecule has 39 heavy (non-hydrogen) atoms. The van der Waals surface area contributed by atoms with Crippen LogP contribution in [0.15, 0.2) is 36.5 Å². The van der Waals surface area contributed by atoms with Gasteiger partial charge in [-0.15, -0.1) is 5.10 Å². The monoisotopic (exact) mass is 546 g/mol. The maximum atomic E-state index is 13.6. The predicted molar refractivity (Wildman–Crippen MR) is 142 cm³/mol. The molecule has 1 aliphatic heterocycles. The van der Waals surface area contributed by atoms with Crippen LogP contribution in [0.3, 0.4) is 0 Å². The lowest BCUT2D eigenvalue weighted by Gasteiger charge is -2.34. The Labute approximate surface area is 224 Å². The summed E-state index contributed by atoms with van der Waals surface area (Å²) < 4.78 is 47.8. The third-order valence-corrected chi connectivity index (χ3v) is 6.44. The average molecular weight is 547 g/mol. The predicted octanol–water partition coefficient (Wildman–Crippen LogP) is 5.46. The summed E-state index contributed by atoms with van der Waals surface area (Å²) in [7, 11) is 0. The fourth-order valence-corrected chi connectivity index (χ4v) is 4.06. The van der Waals surface area contributed by atoms with Crippen molar-refractivity contribution in [1.29, 1.82) is 0 Å². The summed E-state index contributed by atoms with van der Waals surface area (Å²) in [6.45, 7) is 9.52. The van der Waals surface area contributed by atoms with Gasteiger partial charge in [-0.05, 0) is 30.7 Å². The second kappa shape index (κ2) is 11.1. The molecule has 1 aliphatic rings. The number of nitrogens with one attached hydrogen (secondary N) is 1. The van der Waals surface area contributed by atoms with Crippen molar-refractivity contribution in [1.82, 2.24) is 19.5 Å². The molecular formula is C27H33F3N6O3. The number of halogens is 3. The minimum absolute atomic E-state index is 0.305. The third-order valence-electron chi connectivity index (χ3n) is 6.44. The molecule has 0 aliphatic carbocycles. The molecule has 3 heterocycles. The Bertz CT molecular complexity index is 1340. The van der Waals surface area contributed by atoms with E-state index in [1.54, 1.807) is 42.4 Å². The maximum absolute atomic E-state index is 13.6. The van der Waals surface area contributed by atoms with Crippen molar-refractivity contribution >= 4 is 29.2 Å². The summed E-state index contributed by atoms with van der Waals surface area (Å²) in [4.78, 5) is 32.9. The van der Waals surface area contributed by atoms with Gasteiger partial charge in [0.25, 0.3) is 0 Å². The quantitative estimate of drug-likeness (QED) is 0.413. The lowest BCUT2D eigenvalue weighted by atomic mass is 9.95. The average Bonchev–Trinajstić information content (AvgIpc) is 3.31. The first-order valence-electron chi connectivity index (χ1n) is 12.9. The number of piperazine rings is 1. The van der Waals surface area contributed by atoms with E-state index < -0.39 is 23.1 Å². The highest BCUT2D eigenvalue weighted by atomic mass is 19.4. The normalized spacial score (nSPS) is 14.5. The number of nitrogens with zero attached hydrogens (tertiary/aromatic N) is 5. The van der Waals surface area contributed by atoms with Crippen LogP contribution < -0.4 is 10.2 Å². The van der Waals surface area contributed by atoms with Crippen LogP contribution in [0.2, 0.25) is 0 Å². The molecule has 1 N–H and O–H groups in total. The standard InChI is InChI=1S/C27H33F3N6O3/c1-5-6-15-39-25(38)35-13-11-34(12-14-35)23-10-9-22-31-21(17-36(22)33-23)18-7-8-19(27(28,29)30)20(16-18)32-24(37)26(2,3)4/h7-10,16-17H,5-6,11-15H2,1-4H3,(H,32,37). The number of unbranched alkanes of at least 4 members (excludes halogenated alkanes) is 1. The number of aromatic nitrogens is 3. The Balaban J connectivity index is 1.53. The van der Waals surface area contributed by atoms with E-state index in [2.05, 4.69) is 15.4 Å². The van der Waals surface area contributed by atoms with E-state index in [9.17, 15) is 22.8 Å². The fraction of sp³-hybridized carbons (Fsp3) is 0.481. The van der Waals surface area contributed by atoms with Crippen molar-refractivity contribution in [3.05, 3.63) is 42.1 Å². The molecule has 210 valence electrons. The zero-order chi connectivity index (χ0) is 28.4. The highest BCUT2D eigenvalue weighted by molar-refractivity contribution is 5.96. The zero-order valence-electron chi connectivity index (χ0n) is 22.5. The van der Waals surface area contributed by atoms with E-state index in [0.717, 1.165) is 18.9 Å². The van der Waals surface area contributed by atoms with Crippen LogP contribution in [0, 0.1) is 5.41 Å². The van der Waals surface area contributed by atoms with E-state index in [4.69, 9.17) is 4.74 Å². The highest BCUT2D eigenvalue weighted by Gasteiger charge is 2.35. The molecule has 1 saturated heterocycles. The minimum atomic E-state index is -4.63. The van der Waals surface area contributed by atoms with E-state index in [-0.39, 0.29) is 11.8 Å². The topological polar surface area (TPSA) is 92.1 Å². The Morgan fingerprint density at radius 3 is 2.41 bits per heavy atom. The summed E-state index contributed by atoms with van der Waals surface area (Å²) in [5.74, 6) is 0.164. The van der Waals surface area contributed by atoms with Gasteiger partial charge in [0.1, 0.15) is 5.82 Å². The Morgan fingerprint density at radius 2 is 1.77 bits per heavy atom. The smallest absolute Gasteiger partial charge is 0.418 e. The number of ether oxygens (including phenoxy) is 1. The SMILES string of the molecule is CCCCOC(=O)N1CCN(c2ccc3nc(-c4ccc(C(F)(F)F)c(NC(=O)C(C)(C)C)c4)cn3n2)CC1. The number of imidazole rings is 1. The number of hydrogen-bond donors (Lipinski definition) is 1. The van der Waals surface area contributed by atoms with Gasteiger partial charge in [-0.25, -0.2) is 14.3 Å². The molecule has 1 fully saturated rings. The molecular weight excluding hydrogens is 513 g/mol. The van der Waals surface area contributed by atoms with E-state index >= 15 is 0 Å². The van der Waals surface area contributed by atoms with Crippen molar-refractivity contribution in [2.75, 3.05) is 43.0 Å². The second-order valence-electron chi connectivity index (χ2n) is 10.5. The number of anilines is 2. The van der Waals surface area contributed by atoms with Crippen LogP contribution in [0.5, 0.6) is 0 Å². The molecule has 0 atom stereocenters. The Kier molecular flexibility index (Phi) is 8.03. The van der Waals surface area contributed by atoms with E-state index in [0.29, 0.717) is 55.5 Å². The molecule has 1 aromatic carbocycles. The van der Waals surface area contributed by atoms with Crippen LogP contribution in [0.25, 0.3) is 16.9 Å². The van der Waals surface area contributed by atoms with Crippen molar-refractivity contribution < 1.29 is 27.5 Å². The molecule has 0 bridgehead atoms. The van der Waals surface area contributed by atoms with Crippen molar-refractivity contribution in [2.24, 2.45) is 5.41 Å². The van der Waals surface area contributed by atoms with Gasteiger partial charge in [0.15, 0.2) is 5.65 Å². The van der Waals surface area contributed by atoms with Gasteiger partial charge in [0, 0.05) is 37.2 Å². The molecule has 0 radical (unpaired) electrons. The van der Waals surface area contributed by atoms with Gasteiger partial charge in [-0.1, -0.05) is 40.2 Å². The summed E-state index contributed by atoms with van der Waals surface area (Å²) in [5.41, 5.74) is -0.776.